The molecular formula is C15H20ClFN2O2. The Morgan fingerprint density at radius 1 is 1.62 bits per heavy atom. The fourth-order valence-corrected chi connectivity index (χ4v) is 2.47. The van der Waals surface area contributed by atoms with Crippen LogP contribution in [0, 0.1) is 11.7 Å². The van der Waals surface area contributed by atoms with Crippen LogP contribution in [0.25, 0.3) is 0 Å². The van der Waals surface area contributed by atoms with E-state index in [1.165, 1.54) is 17.0 Å². The van der Waals surface area contributed by atoms with Gasteiger partial charge in [0.1, 0.15) is 5.82 Å². The molecule has 2 atom stereocenters. The molecule has 0 saturated carbocycles. The lowest BCUT2D eigenvalue weighted by Gasteiger charge is -2.24. The van der Waals surface area contributed by atoms with E-state index in [-0.39, 0.29) is 17.1 Å². The van der Waals surface area contributed by atoms with Crippen molar-refractivity contribution in [1.29, 1.82) is 0 Å². The lowest BCUT2D eigenvalue weighted by atomic mass is 10.0. The fourth-order valence-electron chi connectivity index (χ4n) is 2.35. The van der Waals surface area contributed by atoms with Crippen LogP contribution in [-0.4, -0.2) is 37.2 Å². The number of benzene rings is 1. The van der Waals surface area contributed by atoms with E-state index in [9.17, 15) is 9.18 Å². The number of amides is 2. The largest absolute Gasteiger partial charge is 0.381 e. The third kappa shape index (κ3) is 4.32. The van der Waals surface area contributed by atoms with Crippen LogP contribution >= 0.6 is 11.6 Å². The number of nitrogens with one attached hydrogen (secondary N) is 1. The summed E-state index contributed by atoms with van der Waals surface area (Å²) in [6.45, 7) is 3.75. The zero-order chi connectivity index (χ0) is 15.4. The van der Waals surface area contributed by atoms with Gasteiger partial charge in [0.15, 0.2) is 0 Å². The summed E-state index contributed by atoms with van der Waals surface area (Å²) in [5.74, 6) is -0.116. The molecule has 1 aromatic rings. The Morgan fingerprint density at radius 2 is 2.38 bits per heavy atom. The van der Waals surface area contributed by atoms with Crippen LogP contribution in [0.5, 0.6) is 0 Å². The second-order valence-corrected chi connectivity index (χ2v) is 5.87. The van der Waals surface area contributed by atoms with E-state index in [1.54, 1.807) is 13.1 Å². The first-order chi connectivity index (χ1) is 9.97. The molecule has 2 amide bonds. The molecule has 0 radical (unpaired) electrons. The van der Waals surface area contributed by atoms with Crippen LogP contribution in [0.3, 0.4) is 0 Å². The van der Waals surface area contributed by atoms with Gasteiger partial charge in [-0.1, -0.05) is 17.7 Å². The highest BCUT2D eigenvalue weighted by molar-refractivity contribution is 6.30. The monoisotopic (exact) mass is 314 g/mol. The number of ether oxygens (including phenoxy) is 1. The summed E-state index contributed by atoms with van der Waals surface area (Å²) in [7, 11) is 1.68. The van der Waals surface area contributed by atoms with Crippen LogP contribution in [0.4, 0.5) is 9.18 Å². The number of urea groups is 1. The van der Waals surface area contributed by atoms with E-state index in [0.717, 1.165) is 13.0 Å². The summed E-state index contributed by atoms with van der Waals surface area (Å²) < 4.78 is 18.7. The molecule has 1 aliphatic rings. The first-order valence-corrected chi connectivity index (χ1v) is 7.38. The zero-order valence-corrected chi connectivity index (χ0v) is 13.0. The van der Waals surface area contributed by atoms with Crippen molar-refractivity contribution in [3.05, 3.63) is 34.6 Å². The maximum absolute atomic E-state index is 13.4. The molecule has 0 aliphatic carbocycles. The van der Waals surface area contributed by atoms with Gasteiger partial charge >= 0.3 is 6.03 Å². The summed E-state index contributed by atoms with van der Waals surface area (Å²) in [5, 5.41) is 3.04. The van der Waals surface area contributed by atoms with E-state index >= 15 is 0 Å². The predicted molar refractivity (Wildman–Crippen MR) is 79.8 cm³/mol. The van der Waals surface area contributed by atoms with Crippen molar-refractivity contribution in [3.63, 3.8) is 0 Å². The van der Waals surface area contributed by atoms with E-state index in [2.05, 4.69) is 5.32 Å². The van der Waals surface area contributed by atoms with Gasteiger partial charge in [0.05, 0.1) is 11.6 Å². The van der Waals surface area contributed by atoms with Gasteiger partial charge in [-0.3, -0.25) is 0 Å². The van der Waals surface area contributed by atoms with Gasteiger partial charge in [-0.15, -0.1) is 0 Å². The highest BCUT2D eigenvalue weighted by Crippen LogP contribution is 2.18. The lowest BCUT2D eigenvalue weighted by molar-refractivity contribution is 0.173. The van der Waals surface area contributed by atoms with Crippen LogP contribution in [0.1, 0.15) is 18.9 Å². The molecule has 1 N–H and O–H groups in total. The molecule has 2 rings (SSSR count). The highest BCUT2D eigenvalue weighted by atomic mass is 35.5. The molecule has 0 unspecified atom stereocenters. The number of hydrogen-bond donors (Lipinski definition) is 1. The standard InChI is InChI=1S/C15H20ClFN2O2/c1-10(12-5-6-21-9-12)18-15(20)19(2)8-11-3-4-13(16)14(17)7-11/h3-4,7,10,12H,5-6,8-9H2,1-2H3,(H,18,20)/t10-,12+/m1/s1. The van der Waals surface area contributed by atoms with Gasteiger partial charge in [-0.25, -0.2) is 9.18 Å². The van der Waals surface area contributed by atoms with Crippen LogP contribution < -0.4 is 5.32 Å². The van der Waals surface area contributed by atoms with Crippen molar-refractivity contribution >= 4 is 17.6 Å². The Labute approximate surface area is 129 Å². The predicted octanol–water partition coefficient (Wildman–Crippen LogP) is 3.05. The molecule has 116 valence electrons. The number of halogens is 2. The average molecular weight is 315 g/mol. The molecule has 1 fully saturated rings. The first kappa shape index (κ1) is 16.0. The maximum Gasteiger partial charge on any atom is 0.317 e. The van der Waals surface area contributed by atoms with Gasteiger partial charge in [-0.2, -0.15) is 0 Å². The van der Waals surface area contributed by atoms with Crippen molar-refractivity contribution in [2.24, 2.45) is 5.92 Å². The Bertz CT molecular complexity index is 506. The second kappa shape index (κ2) is 7.09. The summed E-state index contributed by atoms with van der Waals surface area (Å²) >= 11 is 5.64. The number of carbonyl (C=O) groups excluding carboxylic acids is 1. The number of nitrogens with zero attached hydrogens (tertiary/aromatic N) is 1. The Kier molecular flexibility index (Phi) is 5.42. The highest BCUT2D eigenvalue weighted by Gasteiger charge is 2.24. The Morgan fingerprint density at radius 3 is 3.00 bits per heavy atom. The summed E-state index contributed by atoms with van der Waals surface area (Å²) in [5.41, 5.74) is 0.700. The topological polar surface area (TPSA) is 41.6 Å². The summed E-state index contributed by atoms with van der Waals surface area (Å²) in [6.07, 6.45) is 0.966. The quantitative estimate of drug-likeness (QED) is 0.928. The zero-order valence-electron chi connectivity index (χ0n) is 12.2. The van der Waals surface area contributed by atoms with Crippen molar-refractivity contribution < 1.29 is 13.9 Å². The van der Waals surface area contributed by atoms with Gasteiger partial charge in [0.2, 0.25) is 0 Å². The van der Waals surface area contributed by atoms with Crippen molar-refractivity contribution in [1.82, 2.24) is 10.2 Å². The molecule has 21 heavy (non-hydrogen) atoms. The van der Waals surface area contributed by atoms with Crippen molar-refractivity contribution in [3.8, 4) is 0 Å². The molecule has 0 aromatic heterocycles. The minimum absolute atomic E-state index is 0.0596. The molecule has 1 heterocycles. The normalized spacial score (nSPS) is 19.3. The number of rotatable bonds is 4. The SMILES string of the molecule is C[C@@H](NC(=O)N(C)Cc1ccc(Cl)c(F)c1)[C@H]1CCOC1. The van der Waals surface area contributed by atoms with Gasteiger partial charge in [0.25, 0.3) is 0 Å². The lowest BCUT2D eigenvalue weighted by Crippen LogP contribution is -2.44. The molecule has 4 nitrogen and oxygen atoms in total. The van der Waals surface area contributed by atoms with Crippen molar-refractivity contribution in [2.45, 2.75) is 25.9 Å². The van der Waals surface area contributed by atoms with E-state index in [1.807, 2.05) is 6.92 Å². The smallest absolute Gasteiger partial charge is 0.317 e. The first-order valence-electron chi connectivity index (χ1n) is 7.00. The molecular weight excluding hydrogens is 295 g/mol. The van der Waals surface area contributed by atoms with E-state index < -0.39 is 5.82 Å². The van der Waals surface area contributed by atoms with Crippen LogP contribution in [-0.2, 0) is 11.3 Å². The van der Waals surface area contributed by atoms with Gasteiger partial charge < -0.3 is 15.0 Å². The third-order valence-corrected chi connectivity index (χ3v) is 4.08. The molecule has 1 aliphatic heterocycles. The fraction of sp³-hybridized carbons (Fsp3) is 0.533. The van der Waals surface area contributed by atoms with E-state index in [0.29, 0.717) is 24.6 Å². The summed E-state index contributed by atoms with van der Waals surface area (Å²) in [4.78, 5) is 13.6. The maximum atomic E-state index is 13.4. The minimum Gasteiger partial charge on any atom is -0.381 e. The van der Waals surface area contributed by atoms with Crippen LogP contribution in [0.2, 0.25) is 5.02 Å². The summed E-state index contributed by atoms with van der Waals surface area (Å²) in [6, 6.07) is 4.44. The van der Waals surface area contributed by atoms with Gasteiger partial charge in [0, 0.05) is 32.2 Å². The average Bonchev–Trinajstić information content (AvgIpc) is 2.97. The van der Waals surface area contributed by atoms with Gasteiger partial charge in [-0.05, 0) is 31.0 Å². The molecule has 1 aromatic carbocycles. The van der Waals surface area contributed by atoms with Crippen LogP contribution in [0.15, 0.2) is 18.2 Å². The molecule has 6 heteroatoms. The minimum atomic E-state index is -0.473. The molecule has 1 saturated heterocycles. The number of carbonyl (C=O) groups is 1. The van der Waals surface area contributed by atoms with E-state index in [4.69, 9.17) is 16.3 Å². The number of hydrogen-bond acceptors (Lipinski definition) is 2. The third-order valence-electron chi connectivity index (χ3n) is 3.77. The molecule has 0 bridgehead atoms. The molecule has 0 spiro atoms. The van der Waals surface area contributed by atoms with Crippen molar-refractivity contribution in [2.75, 3.05) is 20.3 Å². The Balaban J connectivity index is 1.88. The second-order valence-electron chi connectivity index (χ2n) is 5.47. The Hall–Kier alpha value is -1.33.